The number of Topliss-reactive ketones (excluding diaryl/α,β-unsaturated/α-hetero) is 1. The van der Waals surface area contributed by atoms with Gasteiger partial charge in [-0.15, -0.1) is 11.3 Å². The number of ketones is 1. The second kappa shape index (κ2) is 11.8. The summed E-state index contributed by atoms with van der Waals surface area (Å²) >= 11 is 1.37. The largest absolute Gasteiger partial charge is 0.459 e. The van der Waals surface area contributed by atoms with E-state index in [9.17, 15) is 39.9 Å². The summed E-state index contributed by atoms with van der Waals surface area (Å²) in [6.07, 6.45) is -8.96. The molecule has 1 unspecified atom stereocenters. The molecule has 4 aliphatic rings. The first kappa shape index (κ1) is 35.1. The molecule has 0 amide bonds. The molecule has 2 bridgehead atoms. The van der Waals surface area contributed by atoms with E-state index in [1.165, 1.54) is 18.3 Å². The average Bonchev–Trinajstić information content (AvgIpc) is 3.45. The van der Waals surface area contributed by atoms with Crippen molar-refractivity contribution in [3.63, 3.8) is 0 Å². The Balaban J connectivity index is 0.00000423. The van der Waals surface area contributed by atoms with Crippen molar-refractivity contribution >= 4 is 29.1 Å². The van der Waals surface area contributed by atoms with Crippen molar-refractivity contribution in [3.05, 3.63) is 33.5 Å². The van der Waals surface area contributed by atoms with Gasteiger partial charge in [0.25, 0.3) is 0 Å². The van der Waals surface area contributed by atoms with E-state index in [1.54, 1.807) is 39.8 Å². The molecule has 1 aliphatic heterocycles. The molecule has 11 atom stereocenters. The predicted octanol–water partition coefficient (Wildman–Crippen LogP) is 0.994. The number of carbonyl (C=O) groups excluding carboxylic acids is 3. The van der Waals surface area contributed by atoms with Gasteiger partial charge < -0.3 is 39.7 Å². The van der Waals surface area contributed by atoms with Crippen molar-refractivity contribution in [1.82, 2.24) is 0 Å². The van der Waals surface area contributed by atoms with Gasteiger partial charge in [-0.2, -0.15) is 0 Å². The molecular formula is C30H40AcO11S. The summed E-state index contributed by atoms with van der Waals surface area (Å²) in [4.78, 5) is 40.8. The van der Waals surface area contributed by atoms with Crippen LogP contribution in [0.25, 0.3) is 0 Å². The van der Waals surface area contributed by atoms with E-state index in [0.717, 1.165) is 11.8 Å². The Hall–Kier alpha value is -0.748. The van der Waals surface area contributed by atoms with Gasteiger partial charge in [-0.05, 0) is 36.4 Å². The quantitative estimate of drug-likeness (QED) is 0.211. The molecule has 3 aliphatic carbocycles. The minimum absolute atomic E-state index is 0. The molecule has 2 saturated carbocycles. The molecule has 1 aromatic heterocycles. The van der Waals surface area contributed by atoms with Gasteiger partial charge in [0.2, 0.25) is 0 Å². The molecule has 0 aromatic carbocycles. The van der Waals surface area contributed by atoms with Crippen LogP contribution in [0.5, 0.6) is 0 Å². The summed E-state index contributed by atoms with van der Waals surface area (Å²) in [5.41, 5.74) is -6.83. The molecule has 1 aromatic rings. The van der Waals surface area contributed by atoms with E-state index in [1.807, 2.05) is 5.38 Å². The number of fused-ring (bicyclic) bond motifs is 5. The maximum atomic E-state index is 14.2. The van der Waals surface area contributed by atoms with Crippen molar-refractivity contribution in [1.29, 1.82) is 0 Å². The molecule has 235 valence electrons. The van der Waals surface area contributed by atoms with Crippen molar-refractivity contribution < 1.29 is 98.2 Å². The van der Waals surface area contributed by atoms with Crippen LogP contribution in [0.3, 0.4) is 0 Å². The molecule has 13 heteroatoms. The van der Waals surface area contributed by atoms with E-state index < -0.39 is 88.2 Å². The zero-order chi connectivity index (χ0) is 31.2. The molecule has 2 heterocycles. The van der Waals surface area contributed by atoms with Crippen LogP contribution in [0.4, 0.5) is 0 Å². The fraction of sp³-hybridized carbons (Fsp3) is 0.700. The van der Waals surface area contributed by atoms with Gasteiger partial charge in [-0.3, -0.25) is 9.59 Å². The van der Waals surface area contributed by atoms with Gasteiger partial charge in [0.05, 0.1) is 24.2 Å². The molecule has 0 spiro atoms. The van der Waals surface area contributed by atoms with Crippen LogP contribution in [0.15, 0.2) is 28.7 Å². The number of hydrogen-bond acceptors (Lipinski definition) is 12. The molecule has 5 N–H and O–H groups in total. The fourth-order valence-electron chi connectivity index (χ4n) is 7.92. The van der Waals surface area contributed by atoms with E-state index in [0.29, 0.717) is 5.57 Å². The number of hydrogen-bond donors (Lipinski definition) is 5. The molecule has 11 nitrogen and oxygen atoms in total. The second-order valence-corrected chi connectivity index (χ2v) is 14.1. The van der Waals surface area contributed by atoms with E-state index >= 15 is 0 Å². The van der Waals surface area contributed by atoms with Gasteiger partial charge in [0.1, 0.15) is 29.5 Å². The number of carbonyl (C=O) groups is 3. The monoisotopic (exact) mass is 835 g/mol. The summed E-state index contributed by atoms with van der Waals surface area (Å²) in [6.45, 7) is 8.72. The van der Waals surface area contributed by atoms with E-state index in [2.05, 4.69) is 0 Å². The maximum absolute atomic E-state index is 14.2. The number of aliphatic hydroxyl groups excluding tert-OH is 3. The zero-order valence-corrected chi connectivity index (χ0v) is 30.7. The first-order valence-corrected chi connectivity index (χ1v) is 15.1. The summed E-state index contributed by atoms with van der Waals surface area (Å²) < 4.78 is 17.1. The van der Waals surface area contributed by atoms with Crippen LogP contribution in [-0.2, 0) is 28.6 Å². The maximum Gasteiger partial charge on any atom is 0.336 e. The summed E-state index contributed by atoms with van der Waals surface area (Å²) in [6, 6.07) is 3.58. The van der Waals surface area contributed by atoms with Crippen LogP contribution in [0.1, 0.15) is 65.2 Å². The van der Waals surface area contributed by atoms with Crippen molar-refractivity contribution in [3.8, 4) is 0 Å². The van der Waals surface area contributed by atoms with Crippen LogP contribution >= 0.6 is 11.3 Å². The summed E-state index contributed by atoms with van der Waals surface area (Å²) in [5, 5.41) is 60.2. The summed E-state index contributed by atoms with van der Waals surface area (Å²) in [5.74, 6) is -4.56. The second-order valence-electron chi connectivity index (χ2n) is 13.1. The zero-order valence-electron chi connectivity index (χ0n) is 25.1. The van der Waals surface area contributed by atoms with Crippen LogP contribution in [-0.4, -0.2) is 97.7 Å². The Morgan fingerprint density at radius 3 is 2.35 bits per heavy atom. The minimum atomic E-state index is -2.12. The van der Waals surface area contributed by atoms with Gasteiger partial charge >= 0.3 is 11.9 Å². The van der Waals surface area contributed by atoms with Gasteiger partial charge in [-0.25, -0.2) is 4.79 Å². The normalized spacial score (nSPS) is 41.2. The number of esters is 2. The van der Waals surface area contributed by atoms with E-state index in [-0.39, 0.29) is 69.1 Å². The predicted molar refractivity (Wildman–Crippen MR) is 148 cm³/mol. The standard InChI is InChI=1S/C30H40O11S.Ac/c1-13-16(41-26(36)21(33)14(2)17-8-7-9-42-17)11-30(38)25(40-15(3)31)23-28(6,18(32)10-19-29(23,37)12-39-19)24(35)22(34)20(13)27(30,4)5;/h7-9,14,16,18-19,21-23,25,32-34,37-38H,10-12H2,1-6H3;/t14-,16?,18-,19+,21+,22+,23-,25-,28+,29-,30+;/m0./s1. The first-order chi connectivity index (χ1) is 19.4. The van der Waals surface area contributed by atoms with Crippen LogP contribution in [0.2, 0.25) is 0 Å². The number of aliphatic hydroxyl groups is 5. The molecule has 43 heavy (non-hydrogen) atoms. The molecule has 5 rings (SSSR count). The van der Waals surface area contributed by atoms with Crippen LogP contribution < -0.4 is 0 Å². The van der Waals surface area contributed by atoms with Crippen molar-refractivity contribution in [2.75, 3.05) is 6.61 Å². The van der Waals surface area contributed by atoms with Crippen LogP contribution in [0, 0.1) is 60.8 Å². The molecule has 1 saturated heterocycles. The van der Waals surface area contributed by atoms with Crippen molar-refractivity contribution in [2.45, 2.75) is 108 Å². The van der Waals surface area contributed by atoms with Gasteiger partial charge in [-0.1, -0.05) is 26.8 Å². The summed E-state index contributed by atoms with van der Waals surface area (Å²) in [7, 11) is 0. The minimum Gasteiger partial charge on any atom is -0.459 e. The van der Waals surface area contributed by atoms with Gasteiger partial charge in [0.15, 0.2) is 11.9 Å². The van der Waals surface area contributed by atoms with Crippen molar-refractivity contribution in [2.24, 2.45) is 16.7 Å². The Morgan fingerprint density at radius 1 is 1.16 bits per heavy atom. The molecular weight excluding hydrogens is 795 g/mol. The number of rotatable bonds is 5. The third-order valence-corrected chi connectivity index (χ3v) is 11.7. The average molecular weight is 836 g/mol. The smallest absolute Gasteiger partial charge is 0.336 e. The Morgan fingerprint density at radius 2 is 1.81 bits per heavy atom. The SMILES string of the molecule is CC(=O)O[C@H]1[C@@H]2[C@]3(O)CO[C@@H]3C[C@H](O)[C@@]2(C)C(=O)[C@H](O)C2=C(C)C(OC(=O)[C@H](O)[C@@H](C)c3cccs3)C[C@]1(O)C2(C)C.[Ac]. The molecule has 3 fully saturated rings. The van der Waals surface area contributed by atoms with E-state index in [4.69, 9.17) is 14.2 Å². The first-order valence-electron chi connectivity index (χ1n) is 14.2. The third kappa shape index (κ3) is 5.04. The number of thiophene rings is 1. The third-order valence-electron chi connectivity index (χ3n) is 10.6. The van der Waals surface area contributed by atoms with Gasteiger partial charge in [0, 0.05) is 86.0 Å². The Kier molecular flexibility index (Phi) is 9.64. The Bertz CT molecular complexity index is 1310. The fourth-order valence-corrected chi connectivity index (χ4v) is 8.73. The molecule has 1 radical (unpaired) electrons. The Labute approximate surface area is 290 Å². The topological polar surface area (TPSA) is 180 Å². The number of ether oxygens (including phenoxy) is 3.